The number of hydrogen-bond donors (Lipinski definition) is 1. The fourth-order valence-corrected chi connectivity index (χ4v) is 2.71. The van der Waals surface area contributed by atoms with Crippen molar-refractivity contribution in [2.24, 2.45) is 11.1 Å². The van der Waals surface area contributed by atoms with E-state index in [-0.39, 0.29) is 16.7 Å². The van der Waals surface area contributed by atoms with Gasteiger partial charge in [-0.15, -0.1) is 0 Å². The molecule has 0 atom stereocenters. The second-order valence-corrected chi connectivity index (χ2v) is 5.12. The third-order valence-corrected chi connectivity index (χ3v) is 4.18. The maximum Gasteiger partial charge on any atom is 0.239 e. The van der Waals surface area contributed by atoms with E-state index in [9.17, 15) is 9.18 Å². The summed E-state index contributed by atoms with van der Waals surface area (Å²) in [6, 6.07) is 5.86. The molecule has 5 heteroatoms. The smallest absolute Gasteiger partial charge is 0.239 e. The second kappa shape index (κ2) is 6.79. The highest BCUT2D eigenvalue weighted by Crippen LogP contribution is 2.31. The first-order valence-corrected chi connectivity index (χ1v) is 7.21. The first-order chi connectivity index (χ1) is 9.42. The van der Waals surface area contributed by atoms with E-state index in [1.54, 1.807) is 17.0 Å². The summed E-state index contributed by atoms with van der Waals surface area (Å²) >= 11 is 5.11. The largest absolute Gasteiger partial charge is 0.392 e. The van der Waals surface area contributed by atoms with Gasteiger partial charge in [-0.3, -0.25) is 4.79 Å². The molecule has 0 aliphatic rings. The van der Waals surface area contributed by atoms with Crippen molar-refractivity contribution < 1.29 is 9.18 Å². The van der Waals surface area contributed by atoms with Gasteiger partial charge in [0.25, 0.3) is 0 Å². The van der Waals surface area contributed by atoms with Crippen molar-refractivity contribution in [1.29, 1.82) is 0 Å². The van der Waals surface area contributed by atoms with Gasteiger partial charge in [0.05, 0.1) is 10.4 Å². The Bertz CT molecular complexity index is 483. The summed E-state index contributed by atoms with van der Waals surface area (Å²) in [5.41, 5.74) is 5.63. The number of halogens is 1. The van der Waals surface area contributed by atoms with E-state index in [2.05, 4.69) is 0 Å². The Morgan fingerprint density at radius 1 is 1.25 bits per heavy atom. The van der Waals surface area contributed by atoms with Crippen LogP contribution in [0, 0.1) is 11.2 Å². The SMILES string of the molecule is CCN(C(=O)C(CC)(CC)C(N)=S)c1ccc(F)cc1. The number of nitrogens with two attached hydrogens (primary N) is 1. The zero-order valence-corrected chi connectivity index (χ0v) is 13.0. The van der Waals surface area contributed by atoms with Crippen LogP contribution < -0.4 is 10.6 Å². The Morgan fingerprint density at radius 3 is 2.10 bits per heavy atom. The molecule has 1 rings (SSSR count). The highest BCUT2D eigenvalue weighted by molar-refractivity contribution is 7.80. The van der Waals surface area contributed by atoms with Crippen molar-refractivity contribution in [2.45, 2.75) is 33.6 Å². The van der Waals surface area contributed by atoms with Gasteiger partial charge in [0.15, 0.2) is 0 Å². The van der Waals surface area contributed by atoms with Crippen LogP contribution >= 0.6 is 12.2 Å². The van der Waals surface area contributed by atoms with E-state index in [1.165, 1.54) is 12.1 Å². The number of rotatable bonds is 6. The lowest BCUT2D eigenvalue weighted by Gasteiger charge is -2.34. The monoisotopic (exact) mass is 296 g/mol. The molecule has 110 valence electrons. The summed E-state index contributed by atoms with van der Waals surface area (Å²) in [6.45, 7) is 6.16. The number of hydrogen-bond acceptors (Lipinski definition) is 2. The minimum absolute atomic E-state index is 0.121. The Balaban J connectivity index is 3.20. The Kier molecular flexibility index (Phi) is 5.62. The van der Waals surface area contributed by atoms with Crippen molar-refractivity contribution in [3.8, 4) is 0 Å². The van der Waals surface area contributed by atoms with Crippen LogP contribution in [0.3, 0.4) is 0 Å². The number of benzene rings is 1. The molecule has 0 aliphatic heterocycles. The molecular formula is C15H21FN2OS. The highest BCUT2D eigenvalue weighted by atomic mass is 32.1. The van der Waals surface area contributed by atoms with Crippen LogP contribution in [0.2, 0.25) is 0 Å². The third-order valence-electron chi connectivity index (χ3n) is 3.79. The number of anilines is 1. The summed E-state index contributed by atoms with van der Waals surface area (Å²) in [7, 11) is 0. The van der Waals surface area contributed by atoms with E-state index in [0.29, 0.717) is 25.1 Å². The van der Waals surface area contributed by atoms with Gasteiger partial charge in [-0.05, 0) is 44.0 Å². The van der Waals surface area contributed by atoms with Crippen molar-refractivity contribution in [1.82, 2.24) is 0 Å². The molecule has 0 aromatic heterocycles. The Morgan fingerprint density at radius 2 is 1.75 bits per heavy atom. The fourth-order valence-electron chi connectivity index (χ4n) is 2.33. The number of amides is 1. The minimum atomic E-state index is -0.834. The molecule has 0 bridgehead atoms. The lowest BCUT2D eigenvalue weighted by Crippen LogP contribution is -2.50. The molecule has 0 unspecified atom stereocenters. The zero-order chi connectivity index (χ0) is 15.3. The van der Waals surface area contributed by atoms with Gasteiger partial charge in [-0.1, -0.05) is 26.1 Å². The van der Waals surface area contributed by atoms with Crippen molar-refractivity contribution in [3.05, 3.63) is 30.1 Å². The Labute approximate surface area is 125 Å². The molecule has 1 amide bonds. The molecule has 1 aromatic carbocycles. The van der Waals surface area contributed by atoms with Gasteiger partial charge in [-0.2, -0.15) is 0 Å². The van der Waals surface area contributed by atoms with E-state index in [0.717, 1.165) is 0 Å². The van der Waals surface area contributed by atoms with E-state index < -0.39 is 5.41 Å². The van der Waals surface area contributed by atoms with Crippen LogP contribution in [-0.2, 0) is 4.79 Å². The number of nitrogens with zero attached hydrogens (tertiary/aromatic N) is 1. The maximum atomic E-state index is 13.0. The molecule has 1 aromatic rings. The Hall–Kier alpha value is -1.49. The van der Waals surface area contributed by atoms with Crippen molar-refractivity contribution >= 4 is 28.8 Å². The van der Waals surface area contributed by atoms with Gasteiger partial charge in [0.1, 0.15) is 5.82 Å². The first-order valence-electron chi connectivity index (χ1n) is 6.80. The van der Waals surface area contributed by atoms with E-state index in [1.807, 2.05) is 20.8 Å². The van der Waals surface area contributed by atoms with E-state index >= 15 is 0 Å². The fraction of sp³-hybridized carbons (Fsp3) is 0.467. The summed E-state index contributed by atoms with van der Waals surface area (Å²) in [5.74, 6) is -0.451. The van der Waals surface area contributed by atoms with Gasteiger partial charge >= 0.3 is 0 Å². The standard InChI is InChI=1S/C15H21FN2OS/c1-4-15(5-2,13(17)20)14(19)18(6-3)12-9-7-11(16)8-10-12/h7-10H,4-6H2,1-3H3,(H2,17,20). The normalized spacial score (nSPS) is 11.2. The number of thiocarbonyl (C=S) groups is 1. The molecule has 0 heterocycles. The molecule has 3 nitrogen and oxygen atoms in total. The molecule has 20 heavy (non-hydrogen) atoms. The number of carbonyl (C=O) groups excluding carboxylic acids is 1. The van der Waals surface area contributed by atoms with Crippen molar-refractivity contribution in [2.75, 3.05) is 11.4 Å². The highest BCUT2D eigenvalue weighted by Gasteiger charge is 2.41. The van der Waals surface area contributed by atoms with Crippen LogP contribution in [-0.4, -0.2) is 17.4 Å². The van der Waals surface area contributed by atoms with E-state index in [4.69, 9.17) is 18.0 Å². The molecule has 0 spiro atoms. The van der Waals surface area contributed by atoms with Crippen molar-refractivity contribution in [3.63, 3.8) is 0 Å². The third kappa shape index (κ3) is 2.98. The summed E-state index contributed by atoms with van der Waals surface area (Å²) < 4.78 is 13.0. The summed E-state index contributed by atoms with van der Waals surface area (Å²) in [5, 5.41) is 0. The minimum Gasteiger partial charge on any atom is -0.392 e. The lowest BCUT2D eigenvalue weighted by molar-refractivity contribution is -0.125. The van der Waals surface area contributed by atoms with Crippen LogP contribution in [0.25, 0.3) is 0 Å². The van der Waals surface area contributed by atoms with Crippen LogP contribution in [0.15, 0.2) is 24.3 Å². The first kappa shape index (κ1) is 16.6. The predicted molar refractivity (Wildman–Crippen MR) is 84.2 cm³/mol. The van der Waals surface area contributed by atoms with Gasteiger partial charge < -0.3 is 10.6 Å². The average Bonchev–Trinajstić information content (AvgIpc) is 2.43. The van der Waals surface area contributed by atoms with Crippen LogP contribution in [0.5, 0.6) is 0 Å². The van der Waals surface area contributed by atoms with Gasteiger partial charge in [-0.25, -0.2) is 4.39 Å². The summed E-state index contributed by atoms with van der Waals surface area (Å²) in [6.07, 6.45) is 1.10. The predicted octanol–water partition coefficient (Wildman–Crippen LogP) is 3.27. The average molecular weight is 296 g/mol. The maximum absolute atomic E-state index is 13.0. The van der Waals surface area contributed by atoms with Crippen LogP contribution in [0.4, 0.5) is 10.1 Å². The molecule has 0 saturated carbocycles. The number of carbonyl (C=O) groups is 1. The van der Waals surface area contributed by atoms with Gasteiger partial charge in [0, 0.05) is 12.2 Å². The quantitative estimate of drug-likeness (QED) is 0.820. The van der Waals surface area contributed by atoms with Gasteiger partial charge in [0.2, 0.25) is 5.91 Å². The molecule has 0 saturated heterocycles. The second-order valence-electron chi connectivity index (χ2n) is 4.68. The topological polar surface area (TPSA) is 46.3 Å². The summed E-state index contributed by atoms with van der Waals surface area (Å²) in [4.78, 5) is 14.7. The zero-order valence-electron chi connectivity index (χ0n) is 12.1. The molecule has 2 N–H and O–H groups in total. The molecule has 0 radical (unpaired) electrons. The molecule has 0 aliphatic carbocycles. The molecule has 0 fully saturated rings. The van der Waals surface area contributed by atoms with Crippen LogP contribution in [0.1, 0.15) is 33.6 Å². The lowest BCUT2D eigenvalue weighted by atomic mass is 9.80. The molecular weight excluding hydrogens is 275 g/mol.